The zero-order chi connectivity index (χ0) is 62.0. The van der Waals surface area contributed by atoms with Crippen molar-refractivity contribution in [1.29, 1.82) is 0 Å². The molecule has 14 nitrogen and oxygen atoms in total. The number of fused-ring (bicyclic) bond motifs is 11. The number of methoxy groups -OCH3 is 2. The Labute approximate surface area is 512 Å². The van der Waals surface area contributed by atoms with Gasteiger partial charge in [-0.15, -0.1) is 13.2 Å². The number of benzene rings is 5. The summed E-state index contributed by atoms with van der Waals surface area (Å²) in [4.78, 5) is 16.1. The van der Waals surface area contributed by atoms with Crippen molar-refractivity contribution in [2.75, 3.05) is 60.0 Å². The average Bonchev–Trinajstić information content (AvgIpc) is 1.69. The van der Waals surface area contributed by atoms with E-state index in [1.54, 1.807) is 44.8 Å². The molecule has 0 aliphatic carbocycles. The van der Waals surface area contributed by atoms with Gasteiger partial charge in [0.1, 0.15) is 11.5 Å². The van der Waals surface area contributed by atoms with Crippen LogP contribution in [0, 0.1) is 23.7 Å². The summed E-state index contributed by atoms with van der Waals surface area (Å²) in [5.41, 5.74) is 3.53. The van der Waals surface area contributed by atoms with Crippen LogP contribution in [0.1, 0.15) is 112 Å². The van der Waals surface area contributed by atoms with Gasteiger partial charge in [-0.05, 0) is 207 Å². The number of aromatic nitrogens is 2. The number of halogens is 5. The summed E-state index contributed by atoms with van der Waals surface area (Å²) in [6, 6.07) is 24.5. The molecule has 8 heterocycles. The zero-order valence-electron chi connectivity index (χ0n) is 49.2. The van der Waals surface area contributed by atoms with E-state index in [1.165, 1.54) is 18.9 Å². The molecule has 20 heteroatoms. The number of nitrogens with zero attached hydrogens (tertiary/aromatic N) is 5. The van der Waals surface area contributed by atoms with E-state index in [9.17, 15) is 28.5 Å². The molecule has 0 amide bonds. The fourth-order valence-electron chi connectivity index (χ4n) is 13.1. The molecule has 4 bridgehead atoms. The summed E-state index contributed by atoms with van der Waals surface area (Å²) in [6.45, 7) is 19.1. The van der Waals surface area contributed by atoms with Crippen LogP contribution in [0.2, 0.25) is 10.0 Å². The summed E-state index contributed by atoms with van der Waals surface area (Å²) >= 11 is 12.6. The third-order valence-corrected chi connectivity index (χ3v) is 18.2. The molecular weight excluding hydrogens is 1170 g/mol. The van der Waals surface area contributed by atoms with Crippen molar-refractivity contribution >= 4 is 77.0 Å². The second-order valence-corrected chi connectivity index (χ2v) is 24.7. The SMILES string of the molecule is C=C[C@H]1CN2CC[C@H]1C[C@H]2[C@H](O)c1ccnc2ccc(OC)cc12.C=C[C@H]1CN2CC[C@H]1C[C@H]2[C@H](O)c1ccnc2ccc(OC)cc12.CCCCN(CCCC)CCC(O)c1cc2c(Cl)cc(Cl)cc2c2cc(C(F)(F)F)ccc12.O=S(=O)(O)O. The lowest BCUT2D eigenvalue weighted by Crippen LogP contribution is -2.54. The minimum atomic E-state index is -4.67. The third kappa shape index (κ3) is 16.2. The highest BCUT2D eigenvalue weighted by atomic mass is 35.5. The van der Waals surface area contributed by atoms with Crippen molar-refractivity contribution < 1.29 is 55.5 Å². The maximum Gasteiger partial charge on any atom is 0.416 e. The van der Waals surface area contributed by atoms with Gasteiger partial charge in [0.15, 0.2) is 0 Å². The number of pyridine rings is 2. The Morgan fingerprint density at radius 3 is 1.58 bits per heavy atom. The lowest BCUT2D eigenvalue weighted by Gasteiger charge is -2.50. The second kappa shape index (κ2) is 29.7. The first-order valence-corrected chi connectivity index (χ1v) is 31.7. The van der Waals surface area contributed by atoms with E-state index in [0.29, 0.717) is 67.2 Å². The Bertz CT molecular complexity index is 3440. The molecule has 5 aromatic carbocycles. The van der Waals surface area contributed by atoms with Crippen LogP contribution in [-0.4, -0.2) is 130 Å². The van der Waals surface area contributed by atoms with Gasteiger partial charge in [-0.3, -0.25) is 28.9 Å². The number of hydrogen-bond donors (Lipinski definition) is 5. The van der Waals surface area contributed by atoms with Crippen LogP contribution in [-0.2, 0) is 16.6 Å². The molecule has 464 valence electrons. The standard InChI is InChI=1S/C26H30Cl2F3NO.2C20H24N2O2.H2O4S/c1-3-5-10-32(11-6-4-2)12-9-25(33)23-16-22-21(14-18(27)15-24(22)28)20-13-17(26(29,30)31)7-8-19(20)23;2*1-3-13-12-22-9-7-14(13)10-19(22)20(23)16-6-8-21-18-5-4-15(24-2)11-17(16)18;1-5(2,3)4/h7-8,13-16,25,33H,3-6,9-12H2,1-2H3;2*3-6,8,11,13-14,19-20,23H,1,7,9-10,12H2,2H3;(H2,1,2,3,4)/t;2*13-,14-,19-,20+;/m.00./s1. The monoisotopic (exact) mass is 1250 g/mol. The normalized spacial score (nSPS) is 22.7. The number of rotatable bonds is 18. The number of aliphatic hydroxyl groups is 3. The molecule has 0 radical (unpaired) electrons. The number of unbranched alkanes of at least 4 members (excludes halogenated alkanes) is 2. The van der Waals surface area contributed by atoms with Gasteiger partial charge in [-0.1, -0.05) is 68.1 Å². The van der Waals surface area contributed by atoms with Gasteiger partial charge in [0, 0.05) is 70.3 Å². The molecule has 6 saturated heterocycles. The van der Waals surface area contributed by atoms with E-state index in [1.807, 2.05) is 48.5 Å². The molecule has 6 aliphatic heterocycles. The van der Waals surface area contributed by atoms with E-state index >= 15 is 0 Å². The highest BCUT2D eigenvalue weighted by Gasteiger charge is 2.44. The summed E-state index contributed by atoms with van der Waals surface area (Å²) < 4.78 is 82.6. The predicted octanol–water partition coefficient (Wildman–Crippen LogP) is 14.3. The topological polar surface area (TPSA) is 189 Å². The van der Waals surface area contributed by atoms with Crippen LogP contribution in [0.15, 0.2) is 123 Å². The van der Waals surface area contributed by atoms with Gasteiger partial charge in [-0.2, -0.15) is 21.6 Å². The molecule has 0 spiro atoms. The molecule has 13 rings (SSSR count). The van der Waals surface area contributed by atoms with Crippen LogP contribution in [0.5, 0.6) is 11.5 Å². The second-order valence-electron chi connectivity index (χ2n) is 23.0. The Balaban J connectivity index is 0.000000163. The van der Waals surface area contributed by atoms with Gasteiger partial charge in [0.05, 0.1) is 49.1 Å². The Hall–Kier alpha value is -5.48. The maximum absolute atomic E-state index is 13.4. The minimum absolute atomic E-state index is 0.178. The summed E-state index contributed by atoms with van der Waals surface area (Å²) in [5, 5.41) is 38.2. The largest absolute Gasteiger partial charge is 0.497 e. The third-order valence-electron chi connectivity index (χ3n) is 17.7. The maximum atomic E-state index is 13.4. The van der Waals surface area contributed by atoms with E-state index in [2.05, 4.69) is 63.8 Å². The molecular formula is C66H80Cl2F3N5O9S. The van der Waals surface area contributed by atoms with E-state index < -0.39 is 40.5 Å². The molecule has 5 N–H and O–H groups in total. The van der Waals surface area contributed by atoms with Crippen molar-refractivity contribution in [1.82, 2.24) is 24.7 Å². The molecule has 86 heavy (non-hydrogen) atoms. The first-order valence-electron chi connectivity index (χ1n) is 29.5. The number of piperidine rings is 6. The van der Waals surface area contributed by atoms with Crippen LogP contribution < -0.4 is 9.47 Å². The molecule has 6 fully saturated rings. The summed E-state index contributed by atoms with van der Waals surface area (Å²) in [5.74, 6) is 4.01. The van der Waals surface area contributed by atoms with Gasteiger partial charge < -0.3 is 29.7 Å². The van der Waals surface area contributed by atoms with Gasteiger partial charge >= 0.3 is 16.6 Å². The molecule has 11 atom stereocenters. The fourth-order valence-corrected chi connectivity index (χ4v) is 13.7. The molecule has 2 aromatic heterocycles. The van der Waals surface area contributed by atoms with Crippen molar-refractivity contribution in [3.05, 3.63) is 155 Å². The molecule has 7 aromatic rings. The molecule has 0 saturated carbocycles. The van der Waals surface area contributed by atoms with Crippen LogP contribution in [0.25, 0.3) is 43.4 Å². The Kier molecular flexibility index (Phi) is 22.9. The number of alkyl halides is 3. The minimum Gasteiger partial charge on any atom is -0.497 e. The Morgan fingerprint density at radius 2 is 1.15 bits per heavy atom. The van der Waals surface area contributed by atoms with Crippen LogP contribution >= 0.6 is 23.2 Å². The van der Waals surface area contributed by atoms with Crippen molar-refractivity contribution in [2.24, 2.45) is 23.7 Å². The molecule has 3 unspecified atom stereocenters. The first-order chi connectivity index (χ1) is 41.1. The zero-order valence-corrected chi connectivity index (χ0v) is 51.5. The van der Waals surface area contributed by atoms with E-state index in [4.69, 9.17) is 50.2 Å². The summed E-state index contributed by atoms with van der Waals surface area (Å²) in [7, 11) is -1.34. The highest BCUT2D eigenvalue weighted by Crippen LogP contribution is 2.45. The first kappa shape index (κ1) is 66.5. The predicted molar refractivity (Wildman–Crippen MR) is 337 cm³/mol. The van der Waals surface area contributed by atoms with E-state index in [-0.39, 0.29) is 12.1 Å². The Morgan fingerprint density at radius 1 is 0.663 bits per heavy atom. The van der Waals surface area contributed by atoms with Gasteiger partial charge in [-0.25, -0.2) is 0 Å². The number of ether oxygens (including phenoxy) is 2. The summed E-state index contributed by atoms with van der Waals surface area (Å²) in [6.07, 6.45) is 10.8. The van der Waals surface area contributed by atoms with Gasteiger partial charge in [0.2, 0.25) is 0 Å². The lowest BCUT2D eigenvalue weighted by molar-refractivity contribution is -0.137. The quantitative estimate of drug-likeness (QED) is 0.0310. The van der Waals surface area contributed by atoms with Crippen LogP contribution in [0.3, 0.4) is 0 Å². The van der Waals surface area contributed by atoms with Crippen molar-refractivity contribution in [3.8, 4) is 11.5 Å². The lowest BCUT2D eigenvalue weighted by atomic mass is 9.73. The molecule has 6 aliphatic rings. The number of hydrogen-bond acceptors (Lipinski definition) is 12. The van der Waals surface area contributed by atoms with E-state index in [0.717, 1.165) is 141 Å². The average molecular weight is 1250 g/mol. The fraction of sp³-hybridized carbons (Fsp3) is 0.455. The van der Waals surface area contributed by atoms with Crippen molar-refractivity contribution in [3.63, 3.8) is 0 Å². The van der Waals surface area contributed by atoms with Crippen LogP contribution in [0.4, 0.5) is 13.2 Å². The number of aliphatic hydroxyl groups excluding tert-OH is 3. The van der Waals surface area contributed by atoms with Gasteiger partial charge in [0.25, 0.3) is 0 Å². The smallest absolute Gasteiger partial charge is 0.416 e. The van der Waals surface area contributed by atoms with Crippen molar-refractivity contribution in [2.45, 2.75) is 108 Å². The highest BCUT2D eigenvalue weighted by molar-refractivity contribution is 7.79.